The molecule has 0 heterocycles. The molecular formula is C44H30O4. The van der Waals surface area contributed by atoms with E-state index in [0.717, 1.165) is 35.1 Å². The third-order valence-corrected chi connectivity index (χ3v) is 11.7. The van der Waals surface area contributed by atoms with Crippen LogP contribution in [0.25, 0.3) is 43.1 Å². The molecule has 48 heavy (non-hydrogen) atoms. The Morgan fingerprint density at radius 1 is 0.438 bits per heavy atom. The maximum atomic E-state index is 12.9. The molecule has 4 nitrogen and oxygen atoms in total. The zero-order chi connectivity index (χ0) is 32.0. The molecule has 7 aromatic carbocycles. The average Bonchev–Trinajstić information content (AvgIpc) is 3.84. The van der Waals surface area contributed by atoms with Gasteiger partial charge in [0.25, 0.3) is 0 Å². The van der Waals surface area contributed by atoms with Crippen molar-refractivity contribution in [3.63, 3.8) is 0 Å². The number of benzene rings is 7. The van der Waals surface area contributed by atoms with Crippen molar-refractivity contribution in [2.24, 2.45) is 0 Å². The van der Waals surface area contributed by atoms with Crippen LogP contribution in [0.15, 0.2) is 97.1 Å². The summed E-state index contributed by atoms with van der Waals surface area (Å²) < 4.78 is 12.6. The largest absolute Gasteiger partial charge is 0.426 e. The zero-order valence-electron chi connectivity index (χ0n) is 26.6. The maximum absolute atomic E-state index is 12.9. The summed E-state index contributed by atoms with van der Waals surface area (Å²) in [6, 6.07) is 35.5. The molecule has 0 saturated carbocycles. The van der Waals surface area contributed by atoms with Gasteiger partial charge in [-0.05, 0) is 102 Å². The van der Waals surface area contributed by atoms with E-state index in [0.29, 0.717) is 11.5 Å². The Balaban J connectivity index is 1.16. The van der Waals surface area contributed by atoms with Crippen molar-refractivity contribution in [3.8, 4) is 11.5 Å². The Bertz CT molecular complexity index is 2320. The summed E-state index contributed by atoms with van der Waals surface area (Å²) in [4.78, 5) is 25.7. The number of ether oxygens (including phenoxy) is 2. The van der Waals surface area contributed by atoms with E-state index < -0.39 is 0 Å². The van der Waals surface area contributed by atoms with E-state index in [1.807, 2.05) is 0 Å². The second-order valence-electron chi connectivity index (χ2n) is 14.2. The SMILES string of the molecule is CC(=O)Oc1c2c(c(OC(C)=O)c3c1C1CC3c3cc4cc5ccccc5cc4cc31)C1CC2c2cc3cc4ccccc4cc3cc21. The average molecular weight is 623 g/mol. The Labute approximate surface area is 276 Å². The first kappa shape index (κ1) is 26.6. The first-order valence-electron chi connectivity index (χ1n) is 16.9. The summed E-state index contributed by atoms with van der Waals surface area (Å²) in [5.74, 6) is 1.02. The molecule has 0 aliphatic heterocycles. The number of fused-ring (bicyclic) bond motifs is 20. The fraction of sp³-hybridized carbons (Fsp3) is 0.182. The predicted octanol–water partition coefficient (Wildman–Crippen LogP) is 10.1. The van der Waals surface area contributed by atoms with Crippen LogP contribution >= 0.6 is 0 Å². The molecule has 0 aromatic heterocycles. The highest BCUT2D eigenvalue weighted by Gasteiger charge is 2.53. The van der Waals surface area contributed by atoms with Gasteiger partial charge in [-0.15, -0.1) is 0 Å². The van der Waals surface area contributed by atoms with Gasteiger partial charge < -0.3 is 9.47 Å². The number of rotatable bonds is 2. The van der Waals surface area contributed by atoms with Gasteiger partial charge in [-0.3, -0.25) is 9.59 Å². The standard InChI is InChI=1S/C44H30O4/c1-21(45)47-43-39-35-19-37(33-17-29-13-25-9-5-3-7-23(25)11-27(29)15-31(33)35)41(39)44(48-22(2)46)42-38-20-36(40(42)43)32-16-28-12-24-8-4-6-10-26(24)14-30(28)18-34(32)38/h3-18,35-38H,19-20H2,1-2H3. The van der Waals surface area contributed by atoms with Crippen molar-refractivity contribution in [2.45, 2.75) is 50.4 Å². The summed E-state index contributed by atoms with van der Waals surface area (Å²) in [5.41, 5.74) is 9.32. The quantitative estimate of drug-likeness (QED) is 0.109. The molecule has 0 radical (unpaired) electrons. The molecule has 0 saturated heterocycles. The number of hydrogen-bond acceptors (Lipinski definition) is 4. The van der Waals surface area contributed by atoms with Crippen molar-refractivity contribution < 1.29 is 19.1 Å². The molecule has 4 heteroatoms. The van der Waals surface area contributed by atoms with E-state index in [1.165, 1.54) is 79.2 Å². The van der Waals surface area contributed by atoms with E-state index in [1.54, 1.807) is 0 Å². The zero-order valence-corrected chi connectivity index (χ0v) is 26.6. The summed E-state index contributed by atoms with van der Waals surface area (Å²) in [6.45, 7) is 3.00. The summed E-state index contributed by atoms with van der Waals surface area (Å²) in [5, 5.41) is 9.74. The van der Waals surface area contributed by atoms with E-state index in [2.05, 4.69) is 97.1 Å². The normalized spacial score (nSPS) is 20.7. The number of carbonyl (C=O) groups is 2. The van der Waals surface area contributed by atoms with Gasteiger partial charge >= 0.3 is 11.9 Å². The van der Waals surface area contributed by atoms with Gasteiger partial charge in [-0.1, -0.05) is 72.8 Å². The minimum absolute atomic E-state index is 0.0615. The van der Waals surface area contributed by atoms with Gasteiger partial charge in [0.1, 0.15) is 11.5 Å². The van der Waals surface area contributed by atoms with E-state index in [4.69, 9.17) is 9.47 Å². The van der Waals surface area contributed by atoms with Crippen LogP contribution in [-0.2, 0) is 9.59 Å². The van der Waals surface area contributed by atoms with E-state index in [9.17, 15) is 9.59 Å². The highest BCUT2D eigenvalue weighted by atomic mass is 16.5. The van der Waals surface area contributed by atoms with Crippen molar-refractivity contribution >= 4 is 55.0 Å². The van der Waals surface area contributed by atoms with Gasteiger partial charge in [0.2, 0.25) is 0 Å². The molecule has 4 aliphatic carbocycles. The van der Waals surface area contributed by atoms with Gasteiger partial charge in [-0.25, -0.2) is 0 Å². The molecule has 7 aromatic rings. The van der Waals surface area contributed by atoms with Crippen LogP contribution in [0.1, 0.15) is 94.9 Å². The van der Waals surface area contributed by atoms with Crippen LogP contribution in [-0.4, -0.2) is 11.9 Å². The lowest BCUT2D eigenvalue weighted by molar-refractivity contribution is -0.133. The second kappa shape index (κ2) is 9.11. The Morgan fingerprint density at radius 3 is 0.958 bits per heavy atom. The Kier molecular flexibility index (Phi) is 5.04. The van der Waals surface area contributed by atoms with Crippen LogP contribution in [0.3, 0.4) is 0 Å². The molecule has 4 atom stereocenters. The van der Waals surface area contributed by atoms with Gasteiger partial charge in [0.05, 0.1) is 0 Å². The first-order valence-corrected chi connectivity index (χ1v) is 16.9. The minimum atomic E-state index is -0.319. The predicted molar refractivity (Wildman–Crippen MR) is 189 cm³/mol. The minimum Gasteiger partial charge on any atom is -0.426 e. The van der Waals surface area contributed by atoms with Gasteiger partial charge in [0, 0.05) is 59.8 Å². The summed E-state index contributed by atoms with van der Waals surface area (Å²) in [7, 11) is 0. The lowest BCUT2D eigenvalue weighted by atomic mass is 9.76. The van der Waals surface area contributed by atoms with Crippen molar-refractivity contribution in [1.29, 1.82) is 0 Å². The Morgan fingerprint density at radius 2 is 0.708 bits per heavy atom. The van der Waals surface area contributed by atoms with Crippen molar-refractivity contribution in [1.82, 2.24) is 0 Å². The summed E-state index contributed by atoms with van der Waals surface area (Å²) >= 11 is 0. The van der Waals surface area contributed by atoms with Gasteiger partial charge in [-0.2, -0.15) is 0 Å². The molecule has 230 valence electrons. The molecule has 0 spiro atoms. The van der Waals surface area contributed by atoms with Crippen LogP contribution in [0.2, 0.25) is 0 Å². The lowest BCUT2D eigenvalue weighted by Crippen LogP contribution is -2.18. The van der Waals surface area contributed by atoms with E-state index >= 15 is 0 Å². The third kappa shape index (κ3) is 3.40. The lowest BCUT2D eigenvalue weighted by Gasteiger charge is -2.31. The maximum Gasteiger partial charge on any atom is 0.308 e. The number of hydrogen-bond donors (Lipinski definition) is 0. The number of carbonyl (C=O) groups excluding carboxylic acids is 2. The highest BCUT2D eigenvalue weighted by Crippen LogP contribution is 2.69. The van der Waals surface area contributed by atoms with Gasteiger partial charge in [0.15, 0.2) is 0 Å². The fourth-order valence-electron chi connectivity index (χ4n) is 10.0. The third-order valence-electron chi connectivity index (χ3n) is 11.7. The van der Waals surface area contributed by atoms with E-state index in [-0.39, 0.29) is 35.6 Å². The van der Waals surface area contributed by atoms with Crippen LogP contribution < -0.4 is 9.47 Å². The molecule has 0 N–H and O–H groups in total. The Hall–Kier alpha value is -5.48. The molecule has 0 fully saturated rings. The van der Waals surface area contributed by atoms with Crippen molar-refractivity contribution in [3.05, 3.63) is 142 Å². The topological polar surface area (TPSA) is 52.6 Å². The molecule has 11 rings (SSSR count). The smallest absolute Gasteiger partial charge is 0.308 e. The molecule has 0 amide bonds. The molecule has 4 bridgehead atoms. The molecule has 4 aliphatic rings. The fourth-order valence-corrected chi connectivity index (χ4v) is 10.0. The van der Waals surface area contributed by atoms with Crippen LogP contribution in [0.4, 0.5) is 0 Å². The second-order valence-corrected chi connectivity index (χ2v) is 14.2. The molecular weight excluding hydrogens is 592 g/mol. The van der Waals surface area contributed by atoms with Crippen molar-refractivity contribution in [2.75, 3.05) is 0 Å². The highest BCUT2D eigenvalue weighted by molar-refractivity contribution is 6.01. The monoisotopic (exact) mass is 622 g/mol. The number of esters is 2. The van der Waals surface area contributed by atoms with Crippen LogP contribution in [0, 0.1) is 0 Å². The summed E-state index contributed by atoms with van der Waals surface area (Å²) in [6.07, 6.45) is 1.76. The molecule has 4 unspecified atom stereocenters. The van der Waals surface area contributed by atoms with Crippen LogP contribution in [0.5, 0.6) is 11.5 Å². The first-order chi connectivity index (χ1) is 23.4.